The number of likely N-dealkylation sites (tertiary alicyclic amines) is 1. The molecule has 0 saturated carbocycles. The third-order valence-corrected chi connectivity index (χ3v) is 3.10. The van der Waals surface area contributed by atoms with E-state index in [1.54, 1.807) is 6.92 Å². The van der Waals surface area contributed by atoms with E-state index in [0.717, 1.165) is 0 Å². The summed E-state index contributed by atoms with van der Waals surface area (Å²) in [6.45, 7) is 2.87. The molecule has 0 aromatic rings. The van der Waals surface area contributed by atoms with Gasteiger partial charge in [0.15, 0.2) is 0 Å². The molecular formula is C11H19F2N3O. The molecule has 3 unspecified atom stereocenters. The van der Waals surface area contributed by atoms with Gasteiger partial charge in [0, 0.05) is 19.1 Å². The largest absolute Gasteiger partial charge is 0.393 e. The first-order chi connectivity index (χ1) is 8.02. The number of nitriles is 1. The van der Waals surface area contributed by atoms with Crippen molar-refractivity contribution in [2.75, 3.05) is 26.2 Å². The first-order valence-electron chi connectivity index (χ1n) is 5.81. The molecule has 1 saturated heterocycles. The van der Waals surface area contributed by atoms with E-state index in [9.17, 15) is 13.9 Å². The molecule has 17 heavy (non-hydrogen) atoms. The van der Waals surface area contributed by atoms with Crippen LogP contribution in [-0.4, -0.2) is 54.8 Å². The number of nitrogens with zero attached hydrogens (tertiary/aromatic N) is 2. The van der Waals surface area contributed by atoms with Crippen molar-refractivity contribution in [2.45, 2.75) is 31.9 Å². The van der Waals surface area contributed by atoms with Crippen LogP contribution in [0.25, 0.3) is 0 Å². The van der Waals surface area contributed by atoms with Gasteiger partial charge in [0.25, 0.3) is 6.43 Å². The monoisotopic (exact) mass is 247 g/mol. The van der Waals surface area contributed by atoms with E-state index < -0.39 is 12.5 Å². The van der Waals surface area contributed by atoms with Gasteiger partial charge in [-0.2, -0.15) is 5.26 Å². The average Bonchev–Trinajstić information content (AvgIpc) is 2.26. The number of aliphatic hydroxyl groups excluding tert-OH is 1. The minimum atomic E-state index is -2.37. The quantitative estimate of drug-likeness (QED) is 0.692. The highest BCUT2D eigenvalue weighted by Gasteiger charge is 2.29. The Morgan fingerprint density at radius 3 is 2.76 bits per heavy atom. The Labute approximate surface area is 100 Å². The molecule has 0 aliphatic carbocycles. The van der Waals surface area contributed by atoms with Gasteiger partial charge in [-0.3, -0.25) is 4.90 Å². The number of hydrogen-bond donors (Lipinski definition) is 2. The molecule has 0 aromatic carbocycles. The molecule has 0 radical (unpaired) electrons. The fourth-order valence-corrected chi connectivity index (χ4v) is 2.21. The second kappa shape index (κ2) is 6.84. The Balaban J connectivity index is 2.50. The molecule has 1 aliphatic rings. The summed E-state index contributed by atoms with van der Waals surface area (Å²) in [5.74, 6) is 0.0345. The maximum Gasteiger partial charge on any atom is 0.250 e. The van der Waals surface area contributed by atoms with Crippen molar-refractivity contribution < 1.29 is 13.9 Å². The molecule has 1 rings (SSSR count). The molecule has 1 heterocycles. The van der Waals surface area contributed by atoms with Gasteiger partial charge in [0.2, 0.25) is 0 Å². The molecule has 2 N–H and O–H groups in total. The van der Waals surface area contributed by atoms with Crippen LogP contribution in [0.2, 0.25) is 0 Å². The lowest BCUT2D eigenvalue weighted by Crippen LogP contribution is -2.52. The summed E-state index contributed by atoms with van der Waals surface area (Å²) in [7, 11) is 0. The van der Waals surface area contributed by atoms with Crippen LogP contribution >= 0.6 is 0 Å². The van der Waals surface area contributed by atoms with Crippen LogP contribution in [0, 0.1) is 17.2 Å². The molecule has 0 bridgehead atoms. The van der Waals surface area contributed by atoms with E-state index in [-0.39, 0.29) is 25.0 Å². The molecule has 98 valence electrons. The van der Waals surface area contributed by atoms with Crippen molar-refractivity contribution in [3.05, 3.63) is 0 Å². The lowest BCUT2D eigenvalue weighted by atomic mass is 9.90. The molecule has 0 spiro atoms. The summed E-state index contributed by atoms with van der Waals surface area (Å²) in [6, 6.07) is 1.97. The number of nitrogens with one attached hydrogen (secondary N) is 1. The number of aliphatic hydroxyl groups is 1. The summed E-state index contributed by atoms with van der Waals surface area (Å²) >= 11 is 0. The molecule has 0 amide bonds. The highest BCUT2D eigenvalue weighted by Crippen LogP contribution is 2.20. The summed E-state index contributed by atoms with van der Waals surface area (Å²) in [4.78, 5) is 1.89. The highest BCUT2D eigenvalue weighted by atomic mass is 19.3. The van der Waals surface area contributed by atoms with E-state index in [1.807, 2.05) is 4.90 Å². The van der Waals surface area contributed by atoms with Gasteiger partial charge in [0.05, 0.1) is 25.3 Å². The van der Waals surface area contributed by atoms with Crippen LogP contribution < -0.4 is 5.32 Å². The molecule has 3 atom stereocenters. The lowest BCUT2D eigenvalue weighted by Gasteiger charge is -2.38. The van der Waals surface area contributed by atoms with Crippen molar-refractivity contribution in [3.8, 4) is 6.07 Å². The highest BCUT2D eigenvalue weighted by molar-refractivity contribution is 4.89. The minimum absolute atomic E-state index is 0.0345. The van der Waals surface area contributed by atoms with Gasteiger partial charge in [-0.25, -0.2) is 8.78 Å². The second-order valence-electron chi connectivity index (χ2n) is 4.58. The fraction of sp³-hybridized carbons (Fsp3) is 0.909. The Kier molecular flexibility index (Phi) is 5.75. The average molecular weight is 247 g/mol. The summed E-state index contributed by atoms with van der Waals surface area (Å²) < 4.78 is 24.2. The number of piperidine rings is 1. The van der Waals surface area contributed by atoms with Gasteiger partial charge in [-0.15, -0.1) is 0 Å². The molecule has 6 heteroatoms. The zero-order valence-electron chi connectivity index (χ0n) is 9.94. The van der Waals surface area contributed by atoms with E-state index in [0.29, 0.717) is 19.5 Å². The number of halogens is 2. The van der Waals surface area contributed by atoms with E-state index in [4.69, 9.17) is 5.26 Å². The summed E-state index contributed by atoms with van der Waals surface area (Å²) in [6.07, 6.45) is -2.18. The number of alkyl halides is 2. The predicted octanol–water partition coefficient (Wildman–Crippen LogP) is 0.436. The number of rotatable bonds is 5. The molecule has 1 aliphatic heterocycles. The number of hydrogen-bond acceptors (Lipinski definition) is 4. The van der Waals surface area contributed by atoms with Crippen molar-refractivity contribution in [1.82, 2.24) is 10.2 Å². The van der Waals surface area contributed by atoms with Gasteiger partial charge in [-0.1, -0.05) is 0 Å². The van der Waals surface area contributed by atoms with Crippen molar-refractivity contribution in [2.24, 2.45) is 5.92 Å². The maximum atomic E-state index is 12.1. The minimum Gasteiger partial charge on any atom is -0.393 e. The van der Waals surface area contributed by atoms with Crippen molar-refractivity contribution >= 4 is 0 Å². The molecule has 4 nitrogen and oxygen atoms in total. The van der Waals surface area contributed by atoms with Gasteiger partial charge in [0.1, 0.15) is 0 Å². The first-order valence-corrected chi connectivity index (χ1v) is 5.81. The molecule has 0 aromatic heterocycles. The Morgan fingerprint density at radius 2 is 2.24 bits per heavy atom. The van der Waals surface area contributed by atoms with Crippen LogP contribution in [0.3, 0.4) is 0 Å². The third-order valence-electron chi connectivity index (χ3n) is 3.10. The van der Waals surface area contributed by atoms with Gasteiger partial charge < -0.3 is 10.4 Å². The fourth-order valence-electron chi connectivity index (χ4n) is 2.21. The Hall–Kier alpha value is -0.770. The van der Waals surface area contributed by atoms with Crippen LogP contribution in [0.1, 0.15) is 13.3 Å². The SMILES string of the molecule is CC(O)C1CC(NCC(F)F)CN(CC#N)C1. The van der Waals surface area contributed by atoms with Crippen LogP contribution in [0.4, 0.5) is 8.78 Å². The Bertz CT molecular complexity index is 268. The van der Waals surface area contributed by atoms with Crippen LogP contribution in [0.5, 0.6) is 0 Å². The normalized spacial score (nSPS) is 28.0. The standard InChI is InChI=1S/C11H19F2N3O/c1-8(17)9-4-10(15-5-11(12)13)7-16(6-9)3-2-14/h8-11,15,17H,3-7H2,1H3. The predicted molar refractivity (Wildman–Crippen MR) is 59.6 cm³/mol. The van der Waals surface area contributed by atoms with Gasteiger partial charge >= 0.3 is 0 Å². The Morgan fingerprint density at radius 1 is 1.53 bits per heavy atom. The molecular weight excluding hydrogens is 228 g/mol. The van der Waals surface area contributed by atoms with Crippen LogP contribution in [-0.2, 0) is 0 Å². The molecule has 1 fully saturated rings. The van der Waals surface area contributed by atoms with Gasteiger partial charge in [-0.05, 0) is 19.3 Å². The topological polar surface area (TPSA) is 59.3 Å². The second-order valence-corrected chi connectivity index (χ2v) is 4.58. The zero-order valence-corrected chi connectivity index (χ0v) is 9.94. The zero-order chi connectivity index (χ0) is 12.8. The van der Waals surface area contributed by atoms with Crippen LogP contribution in [0.15, 0.2) is 0 Å². The van der Waals surface area contributed by atoms with Crippen molar-refractivity contribution in [3.63, 3.8) is 0 Å². The third kappa shape index (κ3) is 4.94. The summed E-state index contributed by atoms with van der Waals surface area (Å²) in [5.41, 5.74) is 0. The van der Waals surface area contributed by atoms with E-state index in [2.05, 4.69) is 11.4 Å². The van der Waals surface area contributed by atoms with E-state index in [1.165, 1.54) is 0 Å². The van der Waals surface area contributed by atoms with Crippen molar-refractivity contribution in [1.29, 1.82) is 5.26 Å². The smallest absolute Gasteiger partial charge is 0.250 e. The first kappa shape index (κ1) is 14.3. The lowest BCUT2D eigenvalue weighted by molar-refractivity contribution is 0.0484. The maximum absolute atomic E-state index is 12.1. The van der Waals surface area contributed by atoms with E-state index >= 15 is 0 Å². The summed E-state index contributed by atoms with van der Waals surface area (Å²) in [5, 5.41) is 21.0.